The molecule has 6 heteroatoms. The molecule has 0 aliphatic heterocycles. The number of fused-ring (bicyclic) bond motifs is 1. The van der Waals surface area contributed by atoms with Gasteiger partial charge in [0.2, 0.25) is 5.78 Å². The first-order valence-corrected chi connectivity index (χ1v) is 4.36. The smallest absolute Gasteiger partial charge is 0.416 e. The molecule has 0 unspecified atom stereocenters. The number of Topliss-reactive ketones (excluding diaryl/α,β-unsaturated/α-hetero) is 1. The van der Waals surface area contributed by atoms with Crippen molar-refractivity contribution in [2.24, 2.45) is 0 Å². The number of rotatable bonds is 1. The zero-order chi connectivity index (χ0) is 11.9. The van der Waals surface area contributed by atoms with Gasteiger partial charge in [-0.2, -0.15) is 13.2 Å². The topological polar surface area (TPSA) is 43.1 Å². The lowest BCUT2D eigenvalue weighted by molar-refractivity contribution is -0.137. The third-order valence-electron chi connectivity index (χ3n) is 2.02. The van der Waals surface area contributed by atoms with E-state index in [1.54, 1.807) is 0 Å². The Bertz CT molecular complexity index is 557. The predicted molar refractivity (Wildman–Crippen MR) is 49.0 cm³/mol. The summed E-state index contributed by atoms with van der Waals surface area (Å²) in [5.41, 5.74) is -0.635. The third-order valence-corrected chi connectivity index (χ3v) is 2.02. The molecule has 3 nitrogen and oxygen atoms in total. The Labute approximate surface area is 87.9 Å². The minimum absolute atomic E-state index is 0.0416. The van der Waals surface area contributed by atoms with Gasteiger partial charge in [-0.05, 0) is 18.2 Å². The molecule has 1 aromatic heterocycles. The second kappa shape index (κ2) is 3.33. The van der Waals surface area contributed by atoms with E-state index in [2.05, 4.69) is 4.98 Å². The number of hydrogen-bond donors (Lipinski definition) is 0. The molecule has 16 heavy (non-hydrogen) atoms. The molecule has 1 aromatic carbocycles. The van der Waals surface area contributed by atoms with Gasteiger partial charge < -0.3 is 4.42 Å². The number of carbonyl (C=O) groups excluding carboxylic acids is 1. The monoisotopic (exact) mass is 229 g/mol. The highest BCUT2D eigenvalue weighted by Gasteiger charge is 2.31. The van der Waals surface area contributed by atoms with Crippen molar-refractivity contribution in [3.05, 3.63) is 29.7 Å². The lowest BCUT2D eigenvalue weighted by Gasteiger charge is -2.04. The van der Waals surface area contributed by atoms with Crippen molar-refractivity contribution in [1.29, 1.82) is 0 Å². The number of carbonyl (C=O) groups is 1. The Morgan fingerprint density at radius 2 is 2.06 bits per heavy atom. The molecular weight excluding hydrogens is 223 g/mol. The minimum atomic E-state index is -4.43. The van der Waals surface area contributed by atoms with Gasteiger partial charge in [-0.1, -0.05) is 0 Å². The van der Waals surface area contributed by atoms with Gasteiger partial charge in [-0.25, -0.2) is 4.98 Å². The van der Waals surface area contributed by atoms with E-state index in [4.69, 9.17) is 4.42 Å². The van der Waals surface area contributed by atoms with Crippen LogP contribution in [0.15, 0.2) is 22.6 Å². The van der Waals surface area contributed by atoms with Crippen LogP contribution in [-0.4, -0.2) is 10.8 Å². The lowest BCUT2D eigenvalue weighted by Crippen LogP contribution is -2.03. The third kappa shape index (κ3) is 1.78. The molecule has 0 fully saturated rings. The summed E-state index contributed by atoms with van der Waals surface area (Å²) >= 11 is 0. The van der Waals surface area contributed by atoms with E-state index < -0.39 is 17.5 Å². The molecule has 2 aromatic rings. The van der Waals surface area contributed by atoms with Crippen LogP contribution in [0.3, 0.4) is 0 Å². The average Bonchev–Trinajstić information content (AvgIpc) is 2.58. The molecule has 0 atom stereocenters. The summed E-state index contributed by atoms with van der Waals surface area (Å²) in [7, 11) is 0. The van der Waals surface area contributed by atoms with Gasteiger partial charge in [0.15, 0.2) is 5.58 Å². The summed E-state index contributed by atoms with van der Waals surface area (Å²) in [5, 5.41) is 0. The minimum Gasteiger partial charge on any atom is -0.434 e. The van der Waals surface area contributed by atoms with E-state index in [9.17, 15) is 18.0 Å². The van der Waals surface area contributed by atoms with Crippen LogP contribution in [0.5, 0.6) is 0 Å². The Morgan fingerprint density at radius 3 is 2.62 bits per heavy atom. The summed E-state index contributed by atoms with van der Waals surface area (Å²) in [6.45, 7) is 1.23. The molecule has 0 saturated heterocycles. The van der Waals surface area contributed by atoms with Crippen molar-refractivity contribution in [2.75, 3.05) is 0 Å². The van der Waals surface area contributed by atoms with E-state index in [-0.39, 0.29) is 17.0 Å². The Balaban J connectivity index is 2.58. The number of oxazole rings is 1. The molecule has 0 aliphatic carbocycles. The second-order valence-corrected chi connectivity index (χ2v) is 3.26. The number of aromatic nitrogens is 1. The maximum Gasteiger partial charge on any atom is 0.416 e. The van der Waals surface area contributed by atoms with Gasteiger partial charge in [-0.15, -0.1) is 0 Å². The molecule has 0 bridgehead atoms. The Morgan fingerprint density at radius 1 is 1.38 bits per heavy atom. The van der Waals surface area contributed by atoms with E-state index in [1.807, 2.05) is 0 Å². The van der Waals surface area contributed by atoms with Gasteiger partial charge in [0.1, 0.15) is 5.52 Å². The van der Waals surface area contributed by atoms with E-state index in [1.165, 1.54) is 13.0 Å². The molecule has 0 saturated carbocycles. The van der Waals surface area contributed by atoms with Gasteiger partial charge in [0.05, 0.1) is 5.56 Å². The standard InChI is InChI=1S/C10H6F3NO2/c1-5(15)9-14-7-3-2-6(10(11,12)13)4-8(7)16-9/h2-4H,1H3. The van der Waals surface area contributed by atoms with Crippen LogP contribution in [0, 0.1) is 0 Å². The largest absolute Gasteiger partial charge is 0.434 e. The molecule has 84 valence electrons. The number of halogens is 3. The van der Waals surface area contributed by atoms with Crippen LogP contribution in [0.4, 0.5) is 13.2 Å². The molecule has 0 aliphatic rings. The normalized spacial score (nSPS) is 12.0. The van der Waals surface area contributed by atoms with E-state index in [0.29, 0.717) is 0 Å². The maximum absolute atomic E-state index is 12.4. The van der Waals surface area contributed by atoms with Crippen LogP contribution in [0.2, 0.25) is 0 Å². The number of nitrogens with zero attached hydrogens (tertiary/aromatic N) is 1. The average molecular weight is 229 g/mol. The second-order valence-electron chi connectivity index (χ2n) is 3.26. The fraction of sp³-hybridized carbons (Fsp3) is 0.200. The van der Waals surface area contributed by atoms with Crippen molar-refractivity contribution in [2.45, 2.75) is 13.1 Å². The van der Waals surface area contributed by atoms with Crippen LogP contribution >= 0.6 is 0 Å². The molecular formula is C10H6F3NO2. The van der Waals surface area contributed by atoms with Crippen LogP contribution in [-0.2, 0) is 6.18 Å². The molecule has 0 spiro atoms. The summed E-state index contributed by atoms with van der Waals surface area (Å²) in [6, 6.07) is 2.90. The van der Waals surface area contributed by atoms with Gasteiger partial charge in [-0.3, -0.25) is 4.79 Å². The SMILES string of the molecule is CC(=O)c1nc2ccc(C(F)(F)F)cc2o1. The number of hydrogen-bond acceptors (Lipinski definition) is 3. The van der Waals surface area contributed by atoms with Crippen molar-refractivity contribution in [1.82, 2.24) is 4.98 Å². The van der Waals surface area contributed by atoms with E-state index in [0.717, 1.165) is 12.1 Å². The molecule has 2 rings (SSSR count). The zero-order valence-corrected chi connectivity index (χ0v) is 8.13. The molecule has 0 N–H and O–H groups in total. The highest BCUT2D eigenvalue weighted by molar-refractivity contribution is 5.92. The highest BCUT2D eigenvalue weighted by Crippen LogP contribution is 2.31. The predicted octanol–water partition coefficient (Wildman–Crippen LogP) is 3.05. The van der Waals surface area contributed by atoms with Crippen molar-refractivity contribution in [3.63, 3.8) is 0 Å². The Kier molecular flexibility index (Phi) is 2.22. The quantitative estimate of drug-likeness (QED) is 0.706. The first-order valence-electron chi connectivity index (χ1n) is 4.36. The molecule has 1 heterocycles. The lowest BCUT2D eigenvalue weighted by atomic mass is 10.2. The van der Waals surface area contributed by atoms with Crippen LogP contribution in [0.1, 0.15) is 23.2 Å². The van der Waals surface area contributed by atoms with Crippen molar-refractivity contribution >= 4 is 16.9 Å². The first kappa shape index (κ1) is 10.7. The fourth-order valence-electron chi connectivity index (χ4n) is 1.25. The van der Waals surface area contributed by atoms with Crippen molar-refractivity contribution in [3.8, 4) is 0 Å². The summed E-state index contributed by atoms with van der Waals surface area (Å²) in [6.07, 6.45) is -4.43. The van der Waals surface area contributed by atoms with Crippen molar-refractivity contribution < 1.29 is 22.4 Å². The summed E-state index contributed by atoms with van der Waals surface area (Å²) in [5.74, 6) is -0.612. The van der Waals surface area contributed by atoms with E-state index >= 15 is 0 Å². The fourth-order valence-corrected chi connectivity index (χ4v) is 1.25. The maximum atomic E-state index is 12.4. The van der Waals surface area contributed by atoms with Crippen LogP contribution in [0.25, 0.3) is 11.1 Å². The van der Waals surface area contributed by atoms with Crippen LogP contribution < -0.4 is 0 Å². The first-order chi connectivity index (χ1) is 7.38. The number of ketones is 1. The summed E-state index contributed by atoms with van der Waals surface area (Å²) < 4.78 is 42.0. The molecule has 0 radical (unpaired) electrons. The summed E-state index contributed by atoms with van der Waals surface area (Å²) in [4.78, 5) is 14.7. The zero-order valence-electron chi connectivity index (χ0n) is 8.13. The number of alkyl halides is 3. The highest BCUT2D eigenvalue weighted by atomic mass is 19.4. The number of benzene rings is 1. The molecule has 0 amide bonds. The van der Waals surface area contributed by atoms with Gasteiger partial charge in [0, 0.05) is 6.92 Å². The van der Waals surface area contributed by atoms with Gasteiger partial charge in [0.25, 0.3) is 5.89 Å². The Hall–Kier alpha value is -1.85. The van der Waals surface area contributed by atoms with Gasteiger partial charge >= 0.3 is 6.18 Å².